The lowest BCUT2D eigenvalue weighted by molar-refractivity contribution is 0.210. The van der Waals surface area contributed by atoms with Gasteiger partial charge in [-0.1, -0.05) is 41.9 Å². The molecule has 1 unspecified atom stereocenters. The van der Waals surface area contributed by atoms with Gasteiger partial charge in [-0.05, 0) is 74.7 Å². The summed E-state index contributed by atoms with van der Waals surface area (Å²) in [5.41, 5.74) is 3.11. The van der Waals surface area contributed by atoms with Crippen LogP contribution in [-0.2, 0) is 6.54 Å². The van der Waals surface area contributed by atoms with Crippen molar-refractivity contribution in [1.29, 1.82) is 0 Å². The molecule has 1 atom stereocenters. The average Bonchev–Trinajstić information content (AvgIpc) is 3.16. The lowest BCUT2D eigenvalue weighted by atomic mass is 10.2. The third-order valence-corrected chi connectivity index (χ3v) is 5.70. The number of halogens is 1. The number of aromatic nitrogens is 2. The largest absolute Gasteiger partial charge is 0.494 e. The molecule has 0 aliphatic heterocycles. The van der Waals surface area contributed by atoms with Gasteiger partial charge in [0.2, 0.25) is 0 Å². The highest BCUT2D eigenvalue weighted by atomic mass is 35.5. The molecular formula is C26H27ClN2O2. The molecule has 0 saturated heterocycles. The van der Waals surface area contributed by atoms with Crippen LogP contribution in [-0.4, -0.2) is 16.2 Å². The van der Waals surface area contributed by atoms with Gasteiger partial charge >= 0.3 is 0 Å². The van der Waals surface area contributed by atoms with Gasteiger partial charge in [-0.2, -0.15) is 0 Å². The predicted octanol–water partition coefficient (Wildman–Crippen LogP) is 7.00. The summed E-state index contributed by atoms with van der Waals surface area (Å²) in [6, 6.07) is 23.9. The molecule has 4 nitrogen and oxygen atoms in total. The fraction of sp³-hybridized carbons (Fsp3) is 0.269. The number of para-hydroxylation sites is 3. The van der Waals surface area contributed by atoms with Crippen molar-refractivity contribution in [3.05, 3.63) is 89.2 Å². The SMILES string of the molecule is Cc1cc(OC(C)c2nc3ccccc3n2CCCCOc2ccccc2)ccc1Cl. The fourth-order valence-electron chi connectivity index (χ4n) is 3.67. The number of benzene rings is 3. The summed E-state index contributed by atoms with van der Waals surface area (Å²) >= 11 is 6.15. The van der Waals surface area contributed by atoms with Crippen LogP contribution in [0.1, 0.15) is 37.3 Å². The zero-order valence-electron chi connectivity index (χ0n) is 17.9. The van der Waals surface area contributed by atoms with Crippen LogP contribution in [0.3, 0.4) is 0 Å². The summed E-state index contributed by atoms with van der Waals surface area (Å²) in [5, 5.41) is 0.741. The minimum Gasteiger partial charge on any atom is -0.494 e. The molecule has 0 saturated carbocycles. The fourth-order valence-corrected chi connectivity index (χ4v) is 3.78. The molecular weight excluding hydrogens is 408 g/mol. The first-order valence-electron chi connectivity index (χ1n) is 10.7. The number of unbranched alkanes of at least 4 members (excludes halogenated alkanes) is 1. The molecule has 160 valence electrons. The minimum absolute atomic E-state index is 0.187. The zero-order chi connectivity index (χ0) is 21.6. The zero-order valence-corrected chi connectivity index (χ0v) is 18.7. The van der Waals surface area contributed by atoms with E-state index < -0.39 is 0 Å². The number of ether oxygens (including phenoxy) is 2. The normalized spacial score (nSPS) is 12.1. The van der Waals surface area contributed by atoms with Crippen molar-refractivity contribution in [3.63, 3.8) is 0 Å². The lowest BCUT2D eigenvalue weighted by Crippen LogP contribution is -2.13. The van der Waals surface area contributed by atoms with Gasteiger partial charge < -0.3 is 14.0 Å². The number of imidazole rings is 1. The second kappa shape index (κ2) is 9.88. The molecule has 0 radical (unpaired) electrons. The Morgan fingerprint density at radius 2 is 1.71 bits per heavy atom. The average molecular weight is 435 g/mol. The van der Waals surface area contributed by atoms with Gasteiger partial charge in [0, 0.05) is 11.6 Å². The maximum atomic E-state index is 6.23. The van der Waals surface area contributed by atoms with E-state index in [1.54, 1.807) is 0 Å². The van der Waals surface area contributed by atoms with Gasteiger partial charge in [0.15, 0.2) is 11.9 Å². The molecule has 0 fully saturated rings. The van der Waals surface area contributed by atoms with Crippen LogP contribution < -0.4 is 9.47 Å². The van der Waals surface area contributed by atoms with Gasteiger partial charge in [0.1, 0.15) is 11.5 Å². The monoisotopic (exact) mass is 434 g/mol. The molecule has 0 aliphatic carbocycles. The number of aryl methyl sites for hydroxylation is 2. The summed E-state index contributed by atoms with van der Waals surface area (Å²) in [6.07, 6.45) is 1.77. The third kappa shape index (κ3) is 5.20. The van der Waals surface area contributed by atoms with Gasteiger partial charge in [-0.15, -0.1) is 0 Å². The lowest BCUT2D eigenvalue weighted by Gasteiger charge is -2.17. The Hall–Kier alpha value is -2.98. The van der Waals surface area contributed by atoms with Crippen molar-refractivity contribution >= 4 is 22.6 Å². The van der Waals surface area contributed by atoms with Crippen LogP contribution in [0.15, 0.2) is 72.8 Å². The summed E-state index contributed by atoms with van der Waals surface area (Å²) in [6.45, 7) is 5.58. The van der Waals surface area contributed by atoms with E-state index >= 15 is 0 Å². The number of hydrogen-bond donors (Lipinski definition) is 0. The van der Waals surface area contributed by atoms with E-state index in [0.717, 1.165) is 58.3 Å². The van der Waals surface area contributed by atoms with Gasteiger partial charge in [-0.25, -0.2) is 4.98 Å². The number of nitrogens with zero attached hydrogens (tertiary/aromatic N) is 2. The first-order chi connectivity index (χ1) is 15.1. The second-order valence-electron chi connectivity index (χ2n) is 7.65. The van der Waals surface area contributed by atoms with E-state index in [4.69, 9.17) is 26.1 Å². The van der Waals surface area contributed by atoms with E-state index in [9.17, 15) is 0 Å². The highest BCUT2D eigenvalue weighted by Crippen LogP contribution is 2.28. The second-order valence-corrected chi connectivity index (χ2v) is 8.06. The van der Waals surface area contributed by atoms with E-state index in [1.807, 2.05) is 74.5 Å². The van der Waals surface area contributed by atoms with E-state index in [1.165, 1.54) is 0 Å². The molecule has 4 rings (SSSR count). The van der Waals surface area contributed by atoms with E-state index in [-0.39, 0.29) is 6.10 Å². The van der Waals surface area contributed by atoms with Crippen molar-refractivity contribution in [2.45, 2.75) is 39.3 Å². The van der Waals surface area contributed by atoms with Crippen molar-refractivity contribution in [3.8, 4) is 11.5 Å². The van der Waals surface area contributed by atoms with E-state index in [0.29, 0.717) is 6.61 Å². The molecule has 31 heavy (non-hydrogen) atoms. The molecule has 1 aromatic heterocycles. The van der Waals surface area contributed by atoms with E-state index in [2.05, 4.69) is 16.7 Å². The molecule has 3 aromatic carbocycles. The van der Waals surface area contributed by atoms with Gasteiger partial charge in [0.25, 0.3) is 0 Å². The Balaban J connectivity index is 1.45. The van der Waals surface area contributed by atoms with Crippen LogP contribution >= 0.6 is 11.6 Å². The Morgan fingerprint density at radius 3 is 2.52 bits per heavy atom. The first kappa shape index (κ1) is 21.3. The van der Waals surface area contributed by atoms with Crippen molar-refractivity contribution in [1.82, 2.24) is 9.55 Å². The third-order valence-electron chi connectivity index (χ3n) is 5.28. The Kier molecular flexibility index (Phi) is 6.78. The Bertz CT molecular complexity index is 1140. The van der Waals surface area contributed by atoms with Crippen molar-refractivity contribution in [2.75, 3.05) is 6.61 Å². The molecule has 4 aromatic rings. The van der Waals surface area contributed by atoms with Crippen LogP contribution in [0.4, 0.5) is 0 Å². The summed E-state index contributed by atoms with van der Waals surface area (Å²) < 4.78 is 14.3. The van der Waals surface area contributed by atoms with Crippen LogP contribution in [0.5, 0.6) is 11.5 Å². The number of rotatable bonds is 9. The topological polar surface area (TPSA) is 36.3 Å². The van der Waals surface area contributed by atoms with Crippen LogP contribution in [0, 0.1) is 6.92 Å². The molecule has 1 heterocycles. The predicted molar refractivity (Wildman–Crippen MR) is 126 cm³/mol. The van der Waals surface area contributed by atoms with Crippen LogP contribution in [0.25, 0.3) is 11.0 Å². The standard InChI is InChI=1S/C26H27ClN2O2/c1-19-18-22(14-15-23(19)27)31-20(2)26-28-24-12-6-7-13-25(24)29(26)16-8-9-17-30-21-10-4-3-5-11-21/h3-7,10-15,18,20H,8-9,16-17H2,1-2H3. The van der Waals surface area contributed by atoms with Crippen molar-refractivity contribution in [2.24, 2.45) is 0 Å². The smallest absolute Gasteiger partial charge is 0.153 e. The van der Waals surface area contributed by atoms with Gasteiger partial charge in [0.05, 0.1) is 17.6 Å². The highest BCUT2D eigenvalue weighted by Gasteiger charge is 2.18. The number of fused-ring (bicyclic) bond motifs is 1. The minimum atomic E-state index is -0.187. The number of hydrogen-bond acceptors (Lipinski definition) is 3. The summed E-state index contributed by atoms with van der Waals surface area (Å²) in [4.78, 5) is 4.88. The molecule has 0 aliphatic rings. The summed E-state index contributed by atoms with van der Waals surface area (Å²) in [5.74, 6) is 2.64. The highest BCUT2D eigenvalue weighted by molar-refractivity contribution is 6.31. The quantitative estimate of drug-likeness (QED) is 0.266. The molecule has 0 N–H and O–H groups in total. The molecule has 5 heteroatoms. The maximum absolute atomic E-state index is 6.23. The Labute approximate surface area is 188 Å². The first-order valence-corrected chi connectivity index (χ1v) is 11.1. The summed E-state index contributed by atoms with van der Waals surface area (Å²) in [7, 11) is 0. The Morgan fingerprint density at radius 1 is 0.935 bits per heavy atom. The van der Waals surface area contributed by atoms with Crippen LogP contribution in [0.2, 0.25) is 5.02 Å². The van der Waals surface area contributed by atoms with Gasteiger partial charge in [-0.3, -0.25) is 0 Å². The molecule has 0 bridgehead atoms. The molecule has 0 amide bonds. The van der Waals surface area contributed by atoms with Crippen molar-refractivity contribution < 1.29 is 9.47 Å². The molecule has 0 spiro atoms. The maximum Gasteiger partial charge on any atom is 0.153 e.